The zero-order valence-electron chi connectivity index (χ0n) is 20.2. The minimum atomic E-state index is -1.48. The monoisotopic (exact) mass is 527 g/mol. The molecule has 0 fully saturated rings. The Morgan fingerprint density at radius 2 is 1.81 bits per heavy atom. The van der Waals surface area contributed by atoms with Crippen molar-refractivity contribution in [3.8, 4) is 5.75 Å². The van der Waals surface area contributed by atoms with Crippen molar-refractivity contribution in [2.24, 2.45) is 5.10 Å². The van der Waals surface area contributed by atoms with Gasteiger partial charge >= 0.3 is 0 Å². The lowest BCUT2D eigenvalue weighted by Gasteiger charge is -2.26. The number of ether oxygens (including phenoxy) is 1. The molecule has 36 heavy (non-hydrogen) atoms. The number of hydrazone groups is 1. The largest absolute Gasteiger partial charge is 0.492 e. The summed E-state index contributed by atoms with van der Waals surface area (Å²) in [4.78, 5) is 0.673. The van der Waals surface area contributed by atoms with Crippen molar-refractivity contribution in [2.75, 3.05) is 20.3 Å². The van der Waals surface area contributed by atoms with E-state index >= 15 is 0 Å². The summed E-state index contributed by atoms with van der Waals surface area (Å²) in [6.07, 6.45) is 0. The summed E-state index contributed by atoms with van der Waals surface area (Å²) in [5.74, 6) is 0.373. The van der Waals surface area contributed by atoms with E-state index in [4.69, 9.17) is 26.5 Å². The van der Waals surface area contributed by atoms with Crippen molar-refractivity contribution >= 4 is 39.2 Å². The molecule has 5 rings (SSSR count). The van der Waals surface area contributed by atoms with Crippen LogP contribution in [0.2, 0.25) is 5.02 Å². The number of aryl methyl sites for hydroxylation is 1. The topological polar surface area (TPSA) is 67.1 Å². The lowest BCUT2D eigenvalue weighted by Crippen LogP contribution is -2.32. The fourth-order valence-electron chi connectivity index (χ4n) is 4.38. The predicted molar refractivity (Wildman–Crippen MR) is 143 cm³/mol. The summed E-state index contributed by atoms with van der Waals surface area (Å²) in [6, 6.07) is 19.5. The molecule has 1 N–H and O–H groups in total. The molecule has 1 atom stereocenters. The summed E-state index contributed by atoms with van der Waals surface area (Å²) < 4.78 is 37.1. The van der Waals surface area contributed by atoms with Gasteiger partial charge in [0.05, 0.1) is 11.4 Å². The van der Waals surface area contributed by atoms with Crippen molar-refractivity contribution in [3.05, 3.63) is 94.4 Å². The van der Waals surface area contributed by atoms with Gasteiger partial charge in [-0.3, -0.25) is 0 Å². The number of benzene rings is 3. The third-order valence-electron chi connectivity index (χ3n) is 5.94. The molecule has 2 heterocycles. The minimum absolute atomic E-state index is 0.288. The van der Waals surface area contributed by atoms with Gasteiger partial charge in [-0.1, -0.05) is 29.8 Å². The first-order chi connectivity index (χ1) is 17.5. The number of aliphatic hydroxyl groups is 1. The third-order valence-corrected chi connectivity index (χ3v) is 7.57. The molecule has 3 aromatic carbocycles. The van der Waals surface area contributed by atoms with Crippen molar-refractivity contribution in [1.82, 2.24) is 8.98 Å². The highest BCUT2D eigenvalue weighted by Crippen LogP contribution is 2.33. The summed E-state index contributed by atoms with van der Waals surface area (Å²) >= 11 is 5.94. The van der Waals surface area contributed by atoms with E-state index in [1.807, 2.05) is 31.2 Å². The van der Waals surface area contributed by atoms with Crippen LogP contribution in [0.15, 0.2) is 76.7 Å². The van der Waals surface area contributed by atoms with Gasteiger partial charge in [-0.15, -0.1) is 0 Å². The van der Waals surface area contributed by atoms with Gasteiger partial charge in [-0.25, -0.2) is 13.0 Å². The van der Waals surface area contributed by atoms with E-state index in [1.54, 1.807) is 40.8 Å². The Morgan fingerprint density at radius 1 is 1.08 bits per heavy atom. The Labute approximate surface area is 217 Å². The van der Waals surface area contributed by atoms with E-state index in [9.17, 15) is 8.60 Å². The maximum absolute atomic E-state index is 14.3. The predicted octanol–water partition coefficient (Wildman–Crippen LogP) is 5.54. The number of rotatable bonds is 6. The third kappa shape index (κ3) is 4.89. The molecule has 1 unspecified atom stereocenters. The van der Waals surface area contributed by atoms with Gasteiger partial charge in [0.15, 0.2) is 11.0 Å². The smallest absolute Gasteiger partial charge is 0.169 e. The van der Waals surface area contributed by atoms with Crippen molar-refractivity contribution in [2.45, 2.75) is 25.3 Å². The number of nitrogens with zero attached hydrogens (tertiary/aromatic N) is 3. The average molecular weight is 528 g/mol. The Morgan fingerprint density at radius 3 is 2.53 bits per heavy atom. The number of halogens is 2. The van der Waals surface area contributed by atoms with Crippen molar-refractivity contribution in [1.29, 1.82) is 0 Å². The molecule has 1 aromatic heterocycles. The highest BCUT2D eigenvalue weighted by atomic mass is 35.5. The van der Waals surface area contributed by atoms with Crippen molar-refractivity contribution < 1.29 is 18.4 Å². The molecule has 0 amide bonds. The number of hydrogen-bond donors (Lipinski definition) is 1. The number of aliphatic hydroxyl groups excluding tert-OH is 1. The highest BCUT2D eigenvalue weighted by Gasteiger charge is 2.29. The van der Waals surface area contributed by atoms with Gasteiger partial charge in [-0.05, 0) is 62.4 Å². The van der Waals surface area contributed by atoms with Crippen LogP contribution in [0.1, 0.15) is 23.7 Å². The van der Waals surface area contributed by atoms with Gasteiger partial charge in [0.25, 0.3) is 0 Å². The zero-order chi connectivity index (χ0) is 25.8. The molecule has 0 saturated heterocycles. The Kier molecular flexibility index (Phi) is 8.08. The average Bonchev–Trinajstić information content (AvgIpc) is 3.17. The molecular weight excluding hydrogens is 501 g/mol. The first kappa shape index (κ1) is 25.9. The van der Waals surface area contributed by atoms with E-state index in [0.717, 1.165) is 41.4 Å². The zero-order valence-corrected chi connectivity index (χ0v) is 21.8. The number of aromatic nitrogens is 1. The second-order valence-corrected chi connectivity index (χ2v) is 9.73. The molecule has 0 aliphatic carbocycles. The minimum Gasteiger partial charge on any atom is -0.492 e. The molecule has 4 aromatic rings. The quantitative estimate of drug-likeness (QED) is 0.358. The van der Waals surface area contributed by atoms with Crippen LogP contribution in [0.5, 0.6) is 5.75 Å². The molecule has 1 aliphatic heterocycles. The van der Waals surface area contributed by atoms with Gasteiger partial charge in [0.2, 0.25) is 0 Å². The van der Waals surface area contributed by atoms with Crippen molar-refractivity contribution in [3.63, 3.8) is 0 Å². The lowest BCUT2D eigenvalue weighted by atomic mass is 9.99. The van der Waals surface area contributed by atoms with Crippen LogP contribution in [0.3, 0.4) is 0 Å². The summed E-state index contributed by atoms with van der Waals surface area (Å²) in [6.45, 7) is 5.42. The molecule has 1 aliphatic rings. The van der Waals surface area contributed by atoms with E-state index in [-0.39, 0.29) is 12.4 Å². The molecule has 0 radical (unpaired) electrons. The van der Waals surface area contributed by atoms with Gasteiger partial charge in [-0.2, -0.15) is 5.10 Å². The van der Waals surface area contributed by atoms with Crippen LogP contribution < -0.4 is 4.74 Å². The fourth-order valence-corrected chi connectivity index (χ4v) is 5.68. The molecule has 6 nitrogen and oxygen atoms in total. The molecule has 0 saturated carbocycles. The molecule has 0 spiro atoms. The van der Waals surface area contributed by atoms with Crippen LogP contribution in [0.25, 0.3) is 10.9 Å². The van der Waals surface area contributed by atoms with E-state index < -0.39 is 11.0 Å². The Hall–Kier alpha value is -3.20. The standard InChI is InChI=1S/C26H23ClFN3O2S.CH4O/c1-3-30-17(2)25(22-16-19(28)10-13-23(22)30)26-21-6-4-5-7-24(21)34(32)31(29-26)14-15-33-20-11-8-18(27)9-12-20;1-2/h4-13,16H,3,14-15H2,1-2H3;2H,1H3. The van der Waals surface area contributed by atoms with Crippen LogP contribution in [-0.4, -0.2) is 44.3 Å². The normalized spacial score (nSPS) is 14.7. The molecule has 9 heteroatoms. The van der Waals surface area contributed by atoms with Gasteiger partial charge in [0, 0.05) is 46.4 Å². The summed E-state index contributed by atoms with van der Waals surface area (Å²) in [5.41, 5.74) is 4.26. The molecular formula is C27H27ClFN3O3S. The van der Waals surface area contributed by atoms with Crippen LogP contribution in [0.4, 0.5) is 4.39 Å². The van der Waals surface area contributed by atoms with E-state index in [2.05, 4.69) is 11.5 Å². The number of hydrogen-bond acceptors (Lipinski definition) is 4. The second-order valence-electron chi connectivity index (χ2n) is 7.94. The fraction of sp³-hybridized carbons (Fsp3) is 0.222. The van der Waals surface area contributed by atoms with Gasteiger partial charge < -0.3 is 14.4 Å². The SMILES string of the molecule is CCn1c(C)c(C2=NN(CCOc3ccc(Cl)cc3)S(=O)c3ccccc32)c2cc(F)ccc21.CO. The van der Waals surface area contributed by atoms with E-state index in [1.165, 1.54) is 6.07 Å². The van der Waals surface area contributed by atoms with Crippen LogP contribution in [-0.2, 0) is 17.5 Å². The van der Waals surface area contributed by atoms with E-state index in [0.29, 0.717) is 27.9 Å². The van der Waals surface area contributed by atoms with Gasteiger partial charge in [0.1, 0.15) is 23.9 Å². The van der Waals surface area contributed by atoms with Crippen LogP contribution in [0, 0.1) is 12.7 Å². The summed E-state index contributed by atoms with van der Waals surface area (Å²) in [5, 5.41) is 13.2. The first-order valence-corrected chi connectivity index (χ1v) is 13.0. The lowest BCUT2D eigenvalue weighted by molar-refractivity contribution is 0.281. The first-order valence-electron chi connectivity index (χ1n) is 11.5. The molecule has 0 bridgehead atoms. The Balaban J connectivity index is 0.00000148. The van der Waals surface area contributed by atoms with Crippen LogP contribution >= 0.6 is 11.6 Å². The highest BCUT2D eigenvalue weighted by molar-refractivity contribution is 7.82. The number of fused-ring (bicyclic) bond motifs is 2. The second kappa shape index (κ2) is 11.2. The summed E-state index contributed by atoms with van der Waals surface area (Å²) in [7, 11) is -0.485. The maximum atomic E-state index is 14.3. The molecule has 188 valence electrons. The Bertz CT molecular complexity index is 1440. The maximum Gasteiger partial charge on any atom is 0.169 e.